The minimum absolute atomic E-state index is 0.255. The largest absolute Gasteiger partial charge is 0.357 e. The van der Waals surface area contributed by atoms with E-state index in [1.807, 2.05) is 19.1 Å². The maximum atomic E-state index is 12.9. The first-order chi connectivity index (χ1) is 12.3. The molecule has 0 unspecified atom stereocenters. The van der Waals surface area contributed by atoms with E-state index in [1.165, 1.54) is 23.5 Å². The molecule has 136 valence electrons. The van der Waals surface area contributed by atoms with E-state index < -0.39 is 10.0 Å². The lowest BCUT2D eigenvalue weighted by molar-refractivity contribution is 0.607. The number of aryl methyl sites for hydroxylation is 1. The van der Waals surface area contributed by atoms with Crippen molar-refractivity contribution in [3.63, 3.8) is 0 Å². The second-order valence-electron chi connectivity index (χ2n) is 5.86. The summed E-state index contributed by atoms with van der Waals surface area (Å²) in [6.45, 7) is 2.54. The fourth-order valence-corrected chi connectivity index (χ4v) is 3.83. The third kappa shape index (κ3) is 4.80. The number of nitrogens with zero attached hydrogens (tertiary/aromatic N) is 1. The Labute approximate surface area is 156 Å². The number of rotatable bonds is 6. The van der Waals surface area contributed by atoms with Gasteiger partial charge in [-0.25, -0.2) is 17.8 Å². The highest BCUT2D eigenvalue weighted by Gasteiger charge is 2.10. The SMILES string of the molecule is Cc1sc(NCc2ccc(F)cc2)nc1-c1ccc(NS(C)(=O)=O)cc1. The molecule has 1 aromatic heterocycles. The molecule has 26 heavy (non-hydrogen) atoms. The lowest BCUT2D eigenvalue weighted by atomic mass is 10.1. The van der Waals surface area contributed by atoms with Crippen molar-refractivity contribution in [1.82, 2.24) is 4.98 Å². The number of hydrogen-bond acceptors (Lipinski definition) is 5. The predicted octanol–water partition coefficient (Wildman–Crippen LogP) is 4.24. The Morgan fingerprint density at radius 3 is 2.35 bits per heavy atom. The van der Waals surface area contributed by atoms with Gasteiger partial charge in [0.25, 0.3) is 0 Å². The third-order valence-corrected chi connectivity index (χ3v) is 5.15. The number of aromatic nitrogens is 1. The fraction of sp³-hybridized carbons (Fsp3) is 0.167. The highest BCUT2D eigenvalue weighted by Crippen LogP contribution is 2.31. The summed E-state index contributed by atoms with van der Waals surface area (Å²) in [6, 6.07) is 13.4. The summed E-state index contributed by atoms with van der Waals surface area (Å²) >= 11 is 1.54. The molecule has 0 fully saturated rings. The molecule has 0 saturated carbocycles. The van der Waals surface area contributed by atoms with Crippen LogP contribution in [-0.2, 0) is 16.6 Å². The van der Waals surface area contributed by atoms with E-state index in [4.69, 9.17) is 0 Å². The van der Waals surface area contributed by atoms with Crippen molar-refractivity contribution in [3.8, 4) is 11.3 Å². The summed E-state index contributed by atoms with van der Waals surface area (Å²) in [5.74, 6) is -0.255. The van der Waals surface area contributed by atoms with Gasteiger partial charge in [-0.1, -0.05) is 24.3 Å². The molecule has 2 N–H and O–H groups in total. The average Bonchev–Trinajstić information content (AvgIpc) is 2.94. The summed E-state index contributed by atoms with van der Waals surface area (Å²) < 4.78 is 37.9. The van der Waals surface area contributed by atoms with Crippen LogP contribution < -0.4 is 10.0 Å². The first-order valence-electron chi connectivity index (χ1n) is 7.84. The van der Waals surface area contributed by atoms with Crippen LogP contribution in [-0.4, -0.2) is 19.7 Å². The van der Waals surface area contributed by atoms with Crippen molar-refractivity contribution in [2.75, 3.05) is 16.3 Å². The Morgan fingerprint density at radius 1 is 1.08 bits per heavy atom. The zero-order valence-corrected chi connectivity index (χ0v) is 15.9. The number of sulfonamides is 1. The van der Waals surface area contributed by atoms with Crippen LogP contribution in [0.15, 0.2) is 48.5 Å². The van der Waals surface area contributed by atoms with Gasteiger partial charge in [0.2, 0.25) is 10.0 Å². The maximum Gasteiger partial charge on any atom is 0.229 e. The van der Waals surface area contributed by atoms with Gasteiger partial charge in [-0.3, -0.25) is 4.72 Å². The Kier molecular flexibility index (Phi) is 5.24. The molecule has 3 rings (SSSR count). The molecule has 2 aromatic carbocycles. The van der Waals surface area contributed by atoms with Gasteiger partial charge in [0.1, 0.15) is 5.82 Å². The van der Waals surface area contributed by atoms with Crippen LogP contribution in [0.1, 0.15) is 10.4 Å². The molecule has 0 spiro atoms. The van der Waals surface area contributed by atoms with Crippen molar-refractivity contribution in [1.29, 1.82) is 0 Å². The molecule has 0 aliphatic rings. The quantitative estimate of drug-likeness (QED) is 0.659. The van der Waals surface area contributed by atoms with Gasteiger partial charge in [-0.15, -0.1) is 11.3 Å². The summed E-state index contributed by atoms with van der Waals surface area (Å²) in [4.78, 5) is 5.66. The normalized spacial score (nSPS) is 11.3. The topological polar surface area (TPSA) is 71.1 Å². The molecule has 8 heteroatoms. The molecule has 0 saturated heterocycles. The van der Waals surface area contributed by atoms with Crippen molar-refractivity contribution in [3.05, 3.63) is 64.8 Å². The summed E-state index contributed by atoms with van der Waals surface area (Å²) in [5, 5.41) is 4.03. The van der Waals surface area contributed by atoms with Gasteiger partial charge in [0.15, 0.2) is 5.13 Å². The number of hydrogen-bond donors (Lipinski definition) is 2. The fourth-order valence-electron chi connectivity index (χ4n) is 2.43. The molecular formula is C18H18FN3O2S2. The third-order valence-electron chi connectivity index (χ3n) is 3.62. The van der Waals surface area contributed by atoms with Crippen LogP contribution in [0.3, 0.4) is 0 Å². The lowest BCUT2D eigenvalue weighted by Gasteiger charge is -2.05. The second kappa shape index (κ2) is 7.43. The van der Waals surface area contributed by atoms with Crippen LogP contribution in [0, 0.1) is 12.7 Å². The van der Waals surface area contributed by atoms with Gasteiger partial charge in [0.05, 0.1) is 11.9 Å². The van der Waals surface area contributed by atoms with Gasteiger partial charge >= 0.3 is 0 Å². The van der Waals surface area contributed by atoms with E-state index in [0.717, 1.165) is 33.1 Å². The molecule has 0 amide bonds. The average molecular weight is 391 g/mol. The number of benzene rings is 2. The van der Waals surface area contributed by atoms with Gasteiger partial charge in [-0.05, 0) is 36.8 Å². The van der Waals surface area contributed by atoms with E-state index in [0.29, 0.717) is 12.2 Å². The Morgan fingerprint density at radius 2 is 1.73 bits per heavy atom. The molecule has 1 heterocycles. The second-order valence-corrected chi connectivity index (χ2v) is 8.81. The smallest absolute Gasteiger partial charge is 0.229 e. The maximum absolute atomic E-state index is 12.9. The van der Waals surface area contributed by atoms with Crippen LogP contribution in [0.4, 0.5) is 15.2 Å². The van der Waals surface area contributed by atoms with Crippen LogP contribution in [0.5, 0.6) is 0 Å². The minimum Gasteiger partial charge on any atom is -0.357 e. The highest BCUT2D eigenvalue weighted by molar-refractivity contribution is 7.92. The first kappa shape index (κ1) is 18.3. The van der Waals surface area contributed by atoms with Crippen molar-refractivity contribution in [2.45, 2.75) is 13.5 Å². The Bertz CT molecular complexity index is 998. The number of nitrogens with one attached hydrogen (secondary N) is 2. The van der Waals surface area contributed by atoms with Gasteiger partial charge in [-0.2, -0.15) is 0 Å². The monoisotopic (exact) mass is 391 g/mol. The Balaban J connectivity index is 1.72. The van der Waals surface area contributed by atoms with Crippen molar-refractivity contribution < 1.29 is 12.8 Å². The first-order valence-corrected chi connectivity index (χ1v) is 10.5. The van der Waals surface area contributed by atoms with Gasteiger partial charge < -0.3 is 5.32 Å². The lowest BCUT2D eigenvalue weighted by Crippen LogP contribution is -2.09. The molecule has 0 bridgehead atoms. The summed E-state index contributed by atoms with van der Waals surface area (Å²) in [5.41, 5.74) is 3.24. The van der Waals surface area contributed by atoms with Crippen molar-refractivity contribution >= 4 is 32.2 Å². The van der Waals surface area contributed by atoms with E-state index in [1.54, 1.807) is 24.3 Å². The van der Waals surface area contributed by atoms with E-state index in [9.17, 15) is 12.8 Å². The van der Waals surface area contributed by atoms with Crippen molar-refractivity contribution in [2.24, 2.45) is 0 Å². The molecule has 0 aliphatic heterocycles. The van der Waals surface area contributed by atoms with Crippen LogP contribution >= 0.6 is 11.3 Å². The molecule has 5 nitrogen and oxygen atoms in total. The number of anilines is 2. The van der Waals surface area contributed by atoms with E-state index in [-0.39, 0.29) is 5.82 Å². The summed E-state index contributed by atoms with van der Waals surface area (Å²) in [6.07, 6.45) is 1.12. The summed E-state index contributed by atoms with van der Waals surface area (Å²) in [7, 11) is -3.29. The molecular weight excluding hydrogens is 373 g/mol. The van der Waals surface area contributed by atoms with Gasteiger partial charge in [0, 0.05) is 22.7 Å². The van der Waals surface area contributed by atoms with Crippen LogP contribution in [0.2, 0.25) is 0 Å². The Hall–Kier alpha value is -2.45. The zero-order chi connectivity index (χ0) is 18.7. The molecule has 0 radical (unpaired) electrons. The van der Waals surface area contributed by atoms with E-state index in [2.05, 4.69) is 15.0 Å². The highest BCUT2D eigenvalue weighted by atomic mass is 32.2. The predicted molar refractivity (Wildman–Crippen MR) is 104 cm³/mol. The minimum atomic E-state index is -3.29. The van der Waals surface area contributed by atoms with E-state index >= 15 is 0 Å². The molecule has 0 aliphatic carbocycles. The zero-order valence-electron chi connectivity index (χ0n) is 14.3. The number of thiazole rings is 1. The van der Waals surface area contributed by atoms with Crippen LogP contribution in [0.25, 0.3) is 11.3 Å². The molecule has 3 aromatic rings. The number of halogens is 1. The molecule has 0 atom stereocenters. The standard InChI is InChI=1S/C18H18FN3O2S2/c1-12-17(14-5-9-16(10-6-14)22-26(2,23)24)21-18(25-12)20-11-13-3-7-15(19)8-4-13/h3-10,22H,11H2,1-2H3,(H,20,21).